The fraction of sp³-hybridized carbons (Fsp3) is 0.148. The highest BCUT2D eigenvalue weighted by atomic mass is 16.2. The number of benzene rings is 3. The first kappa shape index (κ1) is 21.6. The molecule has 3 aromatic carbocycles. The molecule has 4 N–H and O–H groups in total. The van der Waals surface area contributed by atoms with Gasteiger partial charge in [-0.3, -0.25) is 9.59 Å². The van der Waals surface area contributed by atoms with Crippen molar-refractivity contribution in [3.8, 4) is 0 Å². The molecule has 2 amide bonds. The van der Waals surface area contributed by atoms with E-state index in [1.54, 1.807) is 7.05 Å². The van der Waals surface area contributed by atoms with E-state index >= 15 is 0 Å². The Labute approximate surface area is 197 Å². The molecule has 1 aliphatic rings. The highest BCUT2D eigenvalue weighted by Gasteiger charge is 2.32. The molecule has 0 spiro atoms. The van der Waals surface area contributed by atoms with Crippen LogP contribution in [0, 0.1) is 0 Å². The molecule has 0 fully saturated rings. The number of amides is 2. The highest BCUT2D eigenvalue weighted by molar-refractivity contribution is 6.20. The zero-order valence-corrected chi connectivity index (χ0v) is 18.7. The molecule has 5 rings (SSSR count). The molecular weight excluding hydrogens is 426 g/mol. The molecule has 2 heterocycles. The maximum absolute atomic E-state index is 13.3. The fourth-order valence-electron chi connectivity index (χ4n) is 4.31. The van der Waals surface area contributed by atoms with Crippen molar-refractivity contribution in [1.29, 1.82) is 0 Å². The number of hydrogen-bond acceptors (Lipinski definition) is 4. The van der Waals surface area contributed by atoms with Gasteiger partial charge in [0.05, 0.1) is 17.4 Å². The quantitative estimate of drug-likeness (QED) is 0.435. The van der Waals surface area contributed by atoms with Gasteiger partial charge in [-0.05, 0) is 24.1 Å². The van der Waals surface area contributed by atoms with Gasteiger partial charge in [0.15, 0.2) is 0 Å². The lowest BCUT2D eigenvalue weighted by molar-refractivity contribution is -0.128. The van der Waals surface area contributed by atoms with Crippen molar-refractivity contribution in [1.82, 2.24) is 10.3 Å². The van der Waals surface area contributed by atoms with E-state index in [1.807, 2.05) is 85.1 Å². The molecule has 4 aromatic rings. The summed E-state index contributed by atoms with van der Waals surface area (Å²) < 4.78 is 0. The summed E-state index contributed by atoms with van der Waals surface area (Å²) in [4.78, 5) is 35.8. The Morgan fingerprint density at radius 3 is 2.59 bits per heavy atom. The third-order valence-electron chi connectivity index (χ3n) is 6.12. The highest BCUT2D eigenvalue weighted by Crippen LogP contribution is 2.27. The number of aliphatic imine (C=N–C) groups is 1. The normalized spacial score (nSPS) is 16.5. The van der Waals surface area contributed by atoms with E-state index in [0.717, 1.165) is 33.3 Å². The van der Waals surface area contributed by atoms with Crippen LogP contribution in [-0.4, -0.2) is 41.8 Å². The summed E-state index contributed by atoms with van der Waals surface area (Å²) in [6, 6.07) is 24.2. The summed E-state index contributed by atoms with van der Waals surface area (Å²) in [7, 11) is 1.69. The Balaban J connectivity index is 1.44. The molecular formula is C27H25N5O2. The Morgan fingerprint density at radius 1 is 1.06 bits per heavy atom. The number of nitrogens with zero attached hydrogens (tertiary/aromatic N) is 2. The number of benzodiazepines with no additional fused rings is 1. The number of rotatable bonds is 5. The largest absolute Gasteiger partial charge is 0.361 e. The lowest BCUT2D eigenvalue weighted by atomic mass is 10.0. The molecule has 34 heavy (non-hydrogen) atoms. The number of aromatic nitrogens is 1. The Kier molecular flexibility index (Phi) is 5.69. The lowest BCUT2D eigenvalue weighted by Gasteiger charge is -2.22. The van der Waals surface area contributed by atoms with E-state index < -0.39 is 18.1 Å². The predicted molar refractivity (Wildman–Crippen MR) is 134 cm³/mol. The van der Waals surface area contributed by atoms with Crippen molar-refractivity contribution in [3.05, 3.63) is 102 Å². The average Bonchev–Trinajstić information content (AvgIpc) is 3.24. The standard InChI is InChI=1S/C27H25N5O2/c1-32-23-14-8-6-12-20(23)24(17-9-3-2-4-10-17)30-25(27(32)34)31-26(33)21(28)15-18-16-29-22-13-7-5-11-19(18)22/h2-14,16,21,25,29H,15,28H2,1H3,(H,31,33)/t21-,25-/m0/s1. The zero-order chi connectivity index (χ0) is 23.7. The number of fused-ring (bicyclic) bond motifs is 2. The van der Waals surface area contributed by atoms with Crippen LogP contribution in [0.2, 0.25) is 0 Å². The summed E-state index contributed by atoms with van der Waals surface area (Å²) in [5.41, 5.74) is 11.3. The van der Waals surface area contributed by atoms with E-state index in [9.17, 15) is 9.59 Å². The maximum atomic E-state index is 13.3. The van der Waals surface area contributed by atoms with Gasteiger partial charge in [0.1, 0.15) is 0 Å². The minimum Gasteiger partial charge on any atom is -0.361 e. The fourth-order valence-corrected chi connectivity index (χ4v) is 4.31. The van der Waals surface area contributed by atoms with Crippen molar-refractivity contribution >= 4 is 34.1 Å². The third kappa shape index (κ3) is 3.97. The number of aromatic amines is 1. The van der Waals surface area contributed by atoms with Crippen LogP contribution in [0.5, 0.6) is 0 Å². The van der Waals surface area contributed by atoms with Crippen molar-refractivity contribution in [2.75, 3.05) is 11.9 Å². The summed E-state index contributed by atoms with van der Waals surface area (Å²) >= 11 is 0. The molecule has 1 aromatic heterocycles. The predicted octanol–water partition coefficient (Wildman–Crippen LogP) is 2.99. The number of carbonyl (C=O) groups excluding carboxylic acids is 2. The molecule has 2 atom stereocenters. The van der Waals surface area contributed by atoms with E-state index in [1.165, 1.54) is 4.90 Å². The minimum atomic E-state index is -1.09. The molecule has 0 bridgehead atoms. The van der Waals surface area contributed by atoms with Crippen LogP contribution in [0.25, 0.3) is 10.9 Å². The minimum absolute atomic E-state index is 0.328. The van der Waals surface area contributed by atoms with Gasteiger partial charge in [0, 0.05) is 35.3 Å². The summed E-state index contributed by atoms with van der Waals surface area (Å²) in [5, 5.41) is 3.81. The topological polar surface area (TPSA) is 104 Å². The van der Waals surface area contributed by atoms with Gasteiger partial charge in [0.2, 0.25) is 12.1 Å². The second-order valence-electron chi connectivity index (χ2n) is 8.34. The number of nitrogens with one attached hydrogen (secondary N) is 2. The van der Waals surface area contributed by atoms with Gasteiger partial charge in [-0.2, -0.15) is 0 Å². The van der Waals surface area contributed by atoms with Crippen LogP contribution in [0.4, 0.5) is 5.69 Å². The van der Waals surface area contributed by atoms with Crippen molar-refractivity contribution < 1.29 is 9.59 Å². The number of carbonyl (C=O) groups is 2. The van der Waals surface area contributed by atoms with Gasteiger partial charge in [-0.15, -0.1) is 0 Å². The van der Waals surface area contributed by atoms with Crippen LogP contribution in [-0.2, 0) is 16.0 Å². The molecule has 7 nitrogen and oxygen atoms in total. The Morgan fingerprint density at radius 2 is 1.76 bits per heavy atom. The number of hydrogen-bond donors (Lipinski definition) is 3. The SMILES string of the molecule is CN1C(=O)[C@H](NC(=O)[C@@H](N)Cc2c[nH]c3ccccc23)N=C(c2ccccc2)c2ccccc21. The molecule has 7 heteroatoms. The molecule has 1 aliphatic heterocycles. The zero-order valence-electron chi connectivity index (χ0n) is 18.7. The maximum Gasteiger partial charge on any atom is 0.272 e. The molecule has 170 valence electrons. The smallest absolute Gasteiger partial charge is 0.272 e. The Bertz CT molecular complexity index is 1390. The van der Waals surface area contributed by atoms with Crippen LogP contribution in [0.15, 0.2) is 90.1 Å². The van der Waals surface area contributed by atoms with E-state index in [4.69, 9.17) is 10.7 Å². The molecule has 0 saturated heterocycles. The van der Waals surface area contributed by atoms with Crippen LogP contribution in [0.1, 0.15) is 16.7 Å². The van der Waals surface area contributed by atoms with Crippen LogP contribution < -0.4 is 16.0 Å². The first-order valence-electron chi connectivity index (χ1n) is 11.1. The number of nitrogens with two attached hydrogens (primary N) is 1. The van der Waals surface area contributed by atoms with E-state index in [-0.39, 0.29) is 5.91 Å². The van der Waals surface area contributed by atoms with Crippen LogP contribution in [0.3, 0.4) is 0 Å². The lowest BCUT2D eigenvalue weighted by Crippen LogP contribution is -2.51. The van der Waals surface area contributed by atoms with Gasteiger partial charge in [-0.1, -0.05) is 66.7 Å². The number of anilines is 1. The summed E-state index contributed by atoms with van der Waals surface area (Å²) in [6.45, 7) is 0. The third-order valence-corrected chi connectivity index (χ3v) is 6.12. The molecule has 0 radical (unpaired) electrons. The number of likely N-dealkylation sites (N-methyl/N-ethyl adjacent to an activating group) is 1. The van der Waals surface area contributed by atoms with Crippen molar-refractivity contribution in [2.45, 2.75) is 18.6 Å². The van der Waals surface area contributed by atoms with Gasteiger partial charge >= 0.3 is 0 Å². The average molecular weight is 452 g/mol. The first-order chi connectivity index (χ1) is 16.5. The van der Waals surface area contributed by atoms with Gasteiger partial charge < -0.3 is 20.9 Å². The second kappa shape index (κ2) is 8.96. The number of para-hydroxylation sites is 2. The van der Waals surface area contributed by atoms with Crippen molar-refractivity contribution in [2.24, 2.45) is 10.7 Å². The molecule has 0 saturated carbocycles. The van der Waals surface area contributed by atoms with E-state index in [2.05, 4.69) is 10.3 Å². The number of H-pyrrole nitrogens is 1. The Hall–Kier alpha value is -4.23. The van der Waals surface area contributed by atoms with Gasteiger partial charge in [-0.25, -0.2) is 4.99 Å². The second-order valence-corrected chi connectivity index (χ2v) is 8.34. The monoisotopic (exact) mass is 451 g/mol. The summed E-state index contributed by atoms with van der Waals surface area (Å²) in [5.74, 6) is -0.759. The van der Waals surface area contributed by atoms with E-state index in [0.29, 0.717) is 12.1 Å². The van der Waals surface area contributed by atoms with Crippen molar-refractivity contribution in [3.63, 3.8) is 0 Å². The van der Waals surface area contributed by atoms with Crippen LogP contribution >= 0.6 is 0 Å². The summed E-state index contributed by atoms with van der Waals surface area (Å²) in [6.07, 6.45) is 1.11. The first-order valence-corrected chi connectivity index (χ1v) is 11.1. The molecule has 0 unspecified atom stereocenters. The molecule has 0 aliphatic carbocycles. The van der Waals surface area contributed by atoms with Gasteiger partial charge in [0.25, 0.3) is 5.91 Å².